The minimum absolute atomic E-state index is 0.0852. The molecule has 1 heterocycles. The molecule has 0 aliphatic heterocycles. The van der Waals surface area contributed by atoms with Gasteiger partial charge in [-0.15, -0.1) is 0 Å². The maximum absolute atomic E-state index is 11.8. The molecule has 1 rings (SSSR count). The first-order valence-electron chi connectivity index (χ1n) is 7.68. The van der Waals surface area contributed by atoms with Gasteiger partial charge in [-0.25, -0.2) is 0 Å². The first kappa shape index (κ1) is 16.8. The molecule has 0 bridgehead atoms. The predicted octanol–water partition coefficient (Wildman–Crippen LogP) is 2.71. The third-order valence-corrected chi connectivity index (χ3v) is 3.34. The van der Waals surface area contributed by atoms with Gasteiger partial charge in [0, 0.05) is 25.0 Å². The number of carbonyl (C=O) groups excluding carboxylic acids is 1. The van der Waals surface area contributed by atoms with Gasteiger partial charge in [0.1, 0.15) is 6.54 Å². The molecule has 0 aliphatic rings. The van der Waals surface area contributed by atoms with E-state index < -0.39 is 0 Å². The summed E-state index contributed by atoms with van der Waals surface area (Å²) >= 11 is 0. The molecule has 0 saturated heterocycles. The number of nitrogens with one attached hydrogen (secondary N) is 2. The standard InChI is InChI=1S/C16H29N3O/c1-5-8-17-14(4)15-7-10-19(11-15)12-16(20)18-9-6-13(2)3/h7,10-11,13-14,17H,5-6,8-9,12H2,1-4H3,(H,18,20). The molecule has 0 radical (unpaired) electrons. The molecule has 114 valence electrons. The third-order valence-electron chi connectivity index (χ3n) is 3.34. The summed E-state index contributed by atoms with van der Waals surface area (Å²) in [7, 11) is 0. The van der Waals surface area contributed by atoms with E-state index >= 15 is 0 Å². The van der Waals surface area contributed by atoms with Gasteiger partial charge >= 0.3 is 0 Å². The molecular weight excluding hydrogens is 250 g/mol. The number of aromatic nitrogens is 1. The van der Waals surface area contributed by atoms with E-state index in [9.17, 15) is 4.79 Å². The number of hydrogen-bond acceptors (Lipinski definition) is 2. The summed E-state index contributed by atoms with van der Waals surface area (Å²) in [5.74, 6) is 0.709. The Balaban J connectivity index is 2.37. The number of hydrogen-bond donors (Lipinski definition) is 2. The molecule has 0 spiro atoms. The molecule has 1 atom stereocenters. The molecule has 1 amide bonds. The van der Waals surface area contributed by atoms with Crippen LogP contribution in [-0.4, -0.2) is 23.6 Å². The van der Waals surface area contributed by atoms with Crippen LogP contribution < -0.4 is 10.6 Å². The minimum atomic E-state index is 0.0852. The Labute approximate surface area is 122 Å². The predicted molar refractivity (Wildman–Crippen MR) is 83.6 cm³/mol. The van der Waals surface area contributed by atoms with Crippen molar-refractivity contribution >= 4 is 5.91 Å². The molecule has 1 aromatic rings. The summed E-state index contributed by atoms with van der Waals surface area (Å²) < 4.78 is 1.95. The second-order valence-electron chi connectivity index (χ2n) is 5.83. The molecule has 0 fully saturated rings. The van der Waals surface area contributed by atoms with Crippen LogP contribution in [0.15, 0.2) is 18.5 Å². The topological polar surface area (TPSA) is 46.1 Å². The van der Waals surface area contributed by atoms with Crippen molar-refractivity contribution in [2.45, 2.75) is 53.1 Å². The number of amides is 1. The molecule has 0 saturated carbocycles. The zero-order valence-corrected chi connectivity index (χ0v) is 13.3. The lowest BCUT2D eigenvalue weighted by Crippen LogP contribution is -2.28. The normalized spacial score (nSPS) is 12.7. The molecule has 2 N–H and O–H groups in total. The lowest BCUT2D eigenvalue weighted by atomic mass is 10.1. The average molecular weight is 279 g/mol. The summed E-state index contributed by atoms with van der Waals surface area (Å²) in [4.78, 5) is 11.8. The Bertz CT molecular complexity index is 398. The summed E-state index contributed by atoms with van der Waals surface area (Å²) in [6.07, 6.45) is 6.18. The highest BCUT2D eigenvalue weighted by atomic mass is 16.1. The van der Waals surface area contributed by atoms with Crippen LogP contribution in [0, 0.1) is 5.92 Å². The van der Waals surface area contributed by atoms with E-state index in [1.165, 1.54) is 5.56 Å². The third kappa shape index (κ3) is 6.24. The Morgan fingerprint density at radius 3 is 2.70 bits per heavy atom. The van der Waals surface area contributed by atoms with E-state index in [2.05, 4.69) is 50.6 Å². The maximum Gasteiger partial charge on any atom is 0.239 e. The largest absolute Gasteiger partial charge is 0.355 e. The van der Waals surface area contributed by atoms with Crippen molar-refractivity contribution in [3.63, 3.8) is 0 Å². The fraction of sp³-hybridized carbons (Fsp3) is 0.688. The van der Waals surface area contributed by atoms with Crippen molar-refractivity contribution in [3.8, 4) is 0 Å². The van der Waals surface area contributed by atoms with E-state index in [0.717, 1.165) is 25.9 Å². The SMILES string of the molecule is CCCNC(C)c1ccn(CC(=O)NCCC(C)C)c1. The lowest BCUT2D eigenvalue weighted by molar-refractivity contribution is -0.121. The van der Waals surface area contributed by atoms with Gasteiger partial charge in [-0.05, 0) is 43.9 Å². The number of rotatable bonds is 9. The van der Waals surface area contributed by atoms with Crippen LogP contribution in [0.25, 0.3) is 0 Å². The van der Waals surface area contributed by atoms with E-state index in [-0.39, 0.29) is 5.91 Å². The first-order chi connectivity index (χ1) is 9.52. The Morgan fingerprint density at radius 2 is 2.05 bits per heavy atom. The van der Waals surface area contributed by atoms with Gasteiger partial charge in [-0.3, -0.25) is 4.79 Å². The Morgan fingerprint density at radius 1 is 1.30 bits per heavy atom. The highest BCUT2D eigenvalue weighted by Gasteiger charge is 2.08. The van der Waals surface area contributed by atoms with Gasteiger partial charge in [-0.2, -0.15) is 0 Å². The second kappa shape index (κ2) is 8.80. The van der Waals surface area contributed by atoms with Crippen LogP contribution in [0.5, 0.6) is 0 Å². The zero-order chi connectivity index (χ0) is 15.0. The monoisotopic (exact) mass is 279 g/mol. The Hall–Kier alpha value is -1.29. The fourth-order valence-electron chi connectivity index (χ4n) is 2.01. The zero-order valence-electron chi connectivity index (χ0n) is 13.3. The number of nitrogens with zero attached hydrogens (tertiary/aromatic N) is 1. The Kier molecular flexibility index (Phi) is 7.37. The number of carbonyl (C=O) groups is 1. The van der Waals surface area contributed by atoms with Gasteiger partial charge in [0.25, 0.3) is 0 Å². The molecule has 0 aliphatic carbocycles. The molecule has 4 nitrogen and oxygen atoms in total. The van der Waals surface area contributed by atoms with Gasteiger partial charge in [0.2, 0.25) is 5.91 Å². The molecular formula is C16H29N3O. The summed E-state index contributed by atoms with van der Waals surface area (Å²) in [5.41, 5.74) is 1.23. The maximum atomic E-state index is 11.8. The highest BCUT2D eigenvalue weighted by Crippen LogP contribution is 2.12. The lowest BCUT2D eigenvalue weighted by Gasteiger charge is -2.11. The summed E-state index contributed by atoms with van der Waals surface area (Å²) in [5, 5.41) is 6.41. The highest BCUT2D eigenvalue weighted by molar-refractivity contribution is 5.75. The smallest absolute Gasteiger partial charge is 0.239 e. The van der Waals surface area contributed by atoms with Crippen LogP contribution in [0.3, 0.4) is 0 Å². The van der Waals surface area contributed by atoms with Crippen molar-refractivity contribution in [2.24, 2.45) is 5.92 Å². The van der Waals surface area contributed by atoms with Crippen molar-refractivity contribution < 1.29 is 4.79 Å². The van der Waals surface area contributed by atoms with Crippen LogP contribution >= 0.6 is 0 Å². The van der Waals surface area contributed by atoms with Crippen molar-refractivity contribution in [1.82, 2.24) is 15.2 Å². The first-order valence-corrected chi connectivity index (χ1v) is 7.68. The van der Waals surface area contributed by atoms with Gasteiger partial charge in [-0.1, -0.05) is 20.8 Å². The van der Waals surface area contributed by atoms with Gasteiger partial charge < -0.3 is 15.2 Å². The van der Waals surface area contributed by atoms with Crippen LogP contribution in [-0.2, 0) is 11.3 Å². The van der Waals surface area contributed by atoms with Crippen molar-refractivity contribution in [3.05, 3.63) is 24.0 Å². The second-order valence-corrected chi connectivity index (χ2v) is 5.83. The van der Waals surface area contributed by atoms with Gasteiger partial charge in [0.05, 0.1) is 0 Å². The molecule has 1 unspecified atom stereocenters. The molecule has 20 heavy (non-hydrogen) atoms. The summed E-state index contributed by atoms with van der Waals surface area (Å²) in [6.45, 7) is 10.8. The van der Waals surface area contributed by atoms with Crippen LogP contribution in [0.4, 0.5) is 0 Å². The van der Waals surface area contributed by atoms with E-state index in [0.29, 0.717) is 18.5 Å². The van der Waals surface area contributed by atoms with E-state index in [1.807, 2.05) is 10.8 Å². The van der Waals surface area contributed by atoms with Crippen LogP contribution in [0.2, 0.25) is 0 Å². The molecule has 0 aromatic carbocycles. The van der Waals surface area contributed by atoms with E-state index in [1.54, 1.807) is 0 Å². The molecule has 1 aromatic heterocycles. The minimum Gasteiger partial charge on any atom is -0.355 e. The van der Waals surface area contributed by atoms with Gasteiger partial charge in [0.15, 0.2) is 0 Å². The van der Waals surface area contributed by atoms with E-state index in [4.69, 9.17) is 0 Å². The van der Waals surface area contributed by atoms with Crippen LogP contribution in [0.1, 0.15) is 52.1 Å². The average Bonchev–Trinajstić information content (AvgIpc) is 2.84. The fourth-order valence-corrected chi connectivity index (χ4v) is 2.01. The quantitative estimate of drug-likeness (QED) is 0.730. The molecule has 4 heteroatoms. The van der Waals surface area contributed by atoms with Crippen molar-refractivity contribution in [2.75, 3.05) is 13.1 Å². The van der Waals surface area contributed by atoms with Crippen molar-refractivity contribution in [1.29, 1.82) is 0 Å². The summed E-state index contributed by atoms with van der Waals surface area (Å²) in [6, 6.07) is 2.41.